The Hall–Kier alpha value is -3.88. The third-order valence-electron chi connectivity index (χ3n) is 5.15. The summed E-state index contributed by atoms with van der Waals surface area (Å²) >= 11 is 0.931. The highest BCUT2D eigenvalue weighted by Crippen LogP contribution is 2.15. The molecular weight excluding hydrogens is 483 g/mol. The quantitative estimate of drug-likeness (QED) is 0.534. The number of hydrogen-bond donors (Lipinski definition) is 0. The minimum atomic E-state index is -2.96. The second kappa shape index (κ2) is 10.6. The fraction of sp³-hybridized carbons (Fsp3) is 0.208. The van der Waals surface area contributed by atoms with Crippen LogP contribution in [0.3, 0.4) is 0 Å². The molecular formula is C24H18F3N3O4S. The Morgan fingerprint density at radius 1 is 1.11 bits per heavy atom. The van der Waals surface area contributed by atoms with Crippen molar-refractivity contribution in [3.63, 3.8) is 0 Å². The molecule has 7 nitrogen and oxygen atoms in total. The topological polar surface area (TPSA) is 84.6 Å². The zero-order valence-corrected chi connectivity index (χ0v) is 18.9. The summed E-state index contributed by atoms with van der Waals surface area (Å²) in [7, 11) is 0. The van der Waals surface area contributed by atoms with Crippen molar-refractivity contribution in [1.29, 1.82) is 5.26 Å². The molecule has 3 aromatic rings. The maximum atomic E-state index is 13.5. The fourth-order valence-corrected chi connectivity index (χ4v) is 4.58. The van der Waals surface area contributed by atoms with Crippen molar-refractivity contribution in [3.8, 4) is 17.5 Å². The predicted molar refractivity (Wildman–Crippen MR) is 122 cm³/mol. The SMILES string of the molecule is N#C/C(C(=O)N1CCOCC1)=c1\s/c(=C/c2ccc(OC(F)F)cc2)c(=O)n1-c1ccc(F)cc1. The molecule has 0 atom stereocenters. The van der Waals surface area contributed by atoms with Gasteiger partial charge in [0.05, 0.1) is 23.4 Å². The number of hydrogen-bond acceptors (Lipinski definition) is 6. The van der Waals surface area contributed by atoms with Crippen LogP contribution in [0.5, 0.6) is 5.75 Å². The number of thiazole rings is 1. The molecule has 4 rings (SSSR count). The molecule has 0 unspecified atom stereocenters. The summed E-state index contributed by atoms with van der Waals surface area (Å²) in [4.78, 5) is 28.0. The van der Waals surface area contributed by atoms with Gasteiger partial charge in [-0.1, -0.05) is 12.1 Å². The van der Waals surface area contributed by atoms with E-state index in [0.717, 1.165) is 11.3 Å². The van der Waals surface area contributed by atoms with Crippen LogP contribution >= 0.6 is 11.3 Å². The lowest BCUT2D eigenvalue weighted by Crippen LogP contribution is -2.42. The van der Waals surface area contributed by atoms with E-state index in [1.54, 1.807) is 0 Å². The van der Waals surface area contributed by atoms with E-state index in [2.05, 4.69) is 4.74 Å². The number of carbonyl (C=O) groups is 1. The van der Waals surface area contributed by atoms with Crippen LogP contribution in [0.1, 0.15) is 5.56 Å². The highest BCUT2D eigenvalue weighted by atomic mass is 32.1. The number of aromatic nitrogens is 1. The molecule has 35 heavy (non-hydrogen) atoms. The summed E-state index contributed by atoms with van der Waals surface area (Å²) in [5.74, 6) is -1.08. The first kappa shape index (κ1) is 24.3. The molecule has 1 saturated heterocycles. The van der Waals surface area contributed by atoms with E-state index in [1.165, 1.54) is 64.1 Å². The first-order valence-electron chi connectivity index (χ1n) is 10.4. The number of nitrogens with zero attached hydrogens (tertiary/aromatic N) is 3. The molecule has 0 radical (unpaired) electrons. The van der Waals surface area contributed by atoms with Crippen molar-refractivity contribution in [2.75, 3.05) is 26.3 Å². The van der Waals surface area contributed by atoms with Crippen LogP contribution in [0.25, 0.3) is 17.3 Å². The fourth-order valence-electron chi connectivity index (χ4n) is 3.48. The van der Waals surface area contributed by atoms with Crippen molar-refractivity contribution in [1.82, 2.24) is 9.47 Å². The van der Waals surface area contributed by atoms with E-state index >= 15 is 0 Å². The van der Waals surface area contributed by atoms with Crippen LogP contribution in [0.2, 0.25) is 0 Å². The van der Waals surface area contributed by atoms with Crippen molar-refractivity contribution in [3.05, 3.63) is 79.5 Å². The number of halogens is 3. The van der Waals surface area contributed by atoms with Gasteiger partial charge in [0.1, 0.15) is 22.3 Å². The van der Waals surface area contributed by atoms with E-state index in [0.29, 0.717) is 31.9 Å². The van der Waals surface area contributed by atoms with E-state index in [1.807, 2.05) is 6.07 Å². The number of amides is 1. The Kier molecular flexibility index (Phi) is 7.33. The zero-order chi connectivity index (χ0) is 24.9. The largest absolute Gasteiger partial charge is 0.435 e. The molecule has 0 saturated carbocycles. The van der Waals surface area contributed by atoms with E-state index in [4.69, 9.17) is 4.74 Å². The Morgan fingerprint density at radius 3 is 2.37 bits per heavy atom. The third kappa shape index (κ3) is 5.45. The van der Waals surface area contributed by atoms with E-state index < -0.39 is 23.9 Å². The molecule has 2 heterocycles. The summed E-state index contributed by atoms with van der Waals surface area (Å²) in [6.07, 6.45) is 1.51. The van der Waals surface area contributed by atoms with Crippen molar-refractivity contribution < 1.29 is 27.4 Å². The molecule has 11 heteroatoms. The van der Waals surface area contributed by atoms with Crippen LogP contribution in [-0.4, -0.2) is 48.3 Å². The Bertz CT molecular complexity index is 1440. The number of rotatable bonds is 5. The molecule has 1 amide bonds. The molecule has 0 aliphatic carbocycles. The number of morpholine rings is 1. The molecule has 0 N–H and O–H groups in total. The normalized spacial score (nSPS) is 15.2. The number of carbonyl (C=O) groups excluding carboxylic acids is 1. The van der Waals surface area contributed by atoms with Gasteiger partial charge in [-0.3, -0.25) is 14.2 Å². The van der Waals surface area contributed by atoms with E-state index in [9.17, 15) is 28.0 Å². The highest BCUT2D eigenvalue weighted by molar-refractivity contribution is 7.07. The van der Waals surface area contributed by atoms with Crippen molar-refractivity contribution >= 4 is 28.9 Å². The van der Waals surface area contributed by atoms with Crippen LogP contribution in [-0.2, 0) is 9.53 Å². The number of nitriles is 1. The first-order chi connectivity index (χ1) is 16.9. The number of ether oxygens (including phenoxy) is 2. The Balaban J connectivity index is 1.89. The van der Waals surface area contributed by atoms with Gasteiger partial charge >= 0.3 is 6.61 Å². The lowest BCUT2D eigenvalue weighted by Gasteiger charge is -2.26. The summed E-state index contributed by atoms with van der Waals surface area (Å²) in [6.45, 7) is -1.67. The van der Waals surface area contributed by atoms with Gasteiger partial charge in [-0.05, 0) is 48.0 Å². The maximum absolute atomic E-state index is 13.5. The van der Waals surface area contributed by atoms with Crippen molar-refractivity contribution in [2.24, 2.45) is 0 Å². The zero-order valence-electron chi connectivity index (χ0n) is 18.1. The van der Waals surface area contributed by atoms with Gasteiger partial charge in [0.15, 0.2) is 5.57 Å². The van der Waals surface area contributed by atoms with Gasteiger partial charge in [-0.2, -0.15) is 14.0 Å². The predicted octanol–water partition coefficient (Wildman–Crippen LogP) is 2.00. The second-order valence-corrected chi connectivity index (χ2v) is 8.40. The Labute approximate surface area is 201 Å². The molecule has 2 aromatic carbocycles. The Morgan fingerprint density at radius 2 is 1.77 bits per heavy atom. The summed E-state index contributed by atoms with van der Waals surface area (Å²) in [6, 6.07) is 12.7. The van der Waals surface area contributed by atoms with Crippen LogP contribution in [0.15, 0.2) is 53.3 Å². The molecule has 0 spiro atoms. The van der Waals surface area contributed by atoms with Gasteiger partial charge in [0.2, 0.25) is 0 Å². The molecule has 1 fully saturated rings. The minimum Gasteiger partial charge on any atom is -0.435 e. The van der Waals surface area contributed by atoms with E-state index in [-0.39, 0.29) is 26.2 Å². The van der Waals surface area contributed by atoms with Crippen LogP contribution in [0, 0.1) is 17.1 Å². The number of alkyl halides is 2. The van der Waals surface area contributed by atoms with Gasteiger partial charge in [-0.15, -0.1) is 11.3 Å². The number of benzene rings is 2. The highest BCUT2D eigenvalue weighted by Gasteiger charge is 2.24. The van der Waals surface area contributed by atoms with Gasteiger partial charge in [-0.25, -0.2) is 4.39 Å². The second-order valence-electron chi connectivity index (χ2n) is 7.37. The third-order valence-corrected chi connectivity index (χ3v) is 6.24. The molecule has 1 aliphatic heterocycles. The summed E-state index contributed by atoms with van der Waals surface area (Å²) in [5, 5.41) is 9.87. The molecule has 1 aromatic heterocycles. The molecule has 1 aliphatic rings. The van der Waals surface area contributed by atoms with Gasteiger partial charge < -0.3 is 14.4 Å². The monoisotopic (exact) mass is 501 g/mol. The van der Waals surface area contributed by atoms with Crippen LogP contribution < -0.4 is 19.5 Å². The van der Waals surface area contributed by atoms with Gasteiger partial charge in [0, 0.05) is 13.1 Å². The summed E-state index contributed by atoms with van der Waals surface area (Å²) in [5.41, 5.74) is 0.0528. The van der Waals surface area contributed by atoms with Crippen molar-refractivity contribution in [2.45, 2.75) is 6.61 Å². The standard InChI is InChI=1S/C24H18F3N3O4S/c25-16-3-5-17(6-4-16)30-22(32)20(13-15-1-7-18(8-2-15)34-24(26)27)35-23(30)19(14-28)21(31)29-9-11-33-12-10-29/h1-8,13,24H,9-12H2/b20-13+,23-19+. The maximum Gasteiger partial charge on any atom is 0.387 e. The summed E-state index contributed by atoms with van der Waals surface area (Å²) < 4.78 is 49.4. The smallest absolute Gasteiger partial charge is 0.387 e. The average Bonchev–Trinajstić information content (AvgIpc) is 3.17. The van der Waals surface area contributed by atoms with Crippen LogP contribution in [0.4, 0.5) is 13.2 Å². The minimum absolute atomic E-state index is 0.0380. The average molecular weight is 501 g/mol. The first-order valence-corrected chi connectivity index (χ1v) is 11.2. The molecule has 0 bridgehead atoms. The van der Waals surface area contributed by atoms with Gasteiger partial charge in [0.25, 0.3) is 11.5 Å². The lowest BCUT2D eigenvalue weighted by atomic mass is 10.2. The lowest BCUT2D eigenvalue weighted by molar-refractivity contribution is -0.128. The molecule has 180 valence electrons.